The fourth-order valence-corrected chi connectivity index (χ4v) is 1.94. The highest BCUT2D eigenvalue weighted by molar-refractivity contribution is 5.68. The Balaban J connectivity index is 2.18. The zero-order valence-corrected chi connectivity index (χ0v) is 11.3. The van der Waals surface area contributed by atoms with Crippen LogP contribution in [0.15, 0.2) is 4.79 Å². The zero-order valence-electron chi connectivity index (χ0n) is 11.3. The zero-order chi connectivity index (χ0) is 14.2. The highest BCUT2D eigenvalue weighted by atomic mass is 16.6. The summed E-state index contributed by atoms with van der Waals surface area (Å²) in [5, 5.41) is 0. The molecule has 1 amide bonds. The molecule has 2 heterocycles. The van der Waals surface area contributed by atoms with Gasteiger partial charge < -0.3 is 15.4 Å². The molecule has 104 valence electrons. The molecular weight excluding hydrogens is 248 g/mol. The van der Waals surface area contributed by atoms with Gasteiger partial charge in [0.15, 0.2) is 0 Å². The van der Waals surface area contributed by atoms with Gasteiger partial charge >= 0.3 is 6.09 Å². The molecule has 0 spiro atoms. The van der Waals surface area contributed by atoms with Crippen molar-refractivity contribution in [1.82, 2.24) is 14.9 Å². The molecule has 7 nitrogen and oxygen atoms in total. The Labute approximate surface area is 110 Å². The van der Waals surface area contributed by atoms with Gasteiger partial charge in [0.2, 0.25) is 5.95 Å². The molecule has 0 unspecified atom stereocenters. The number of H-pyrrole nitrogens is 1. The number of hydrogen-bond donors (Lipinski definition) is 2. The molecule has 19 heavy (non-hydrogen) atoms. The summed E-state index contributed by atoms with van der Waals surface area (Å²) in [6, 6.07) is 0. The minimum Gasteiger partial charge on any atom is -0.444 e. The lowest BCUT2D eigenvalue weighted by Crippen LogP contribution is -2.42. The number of nitrogens with one attached hydrogen (secondary N) is 1. The number of aromatic amines is 1. The quantitative estimate of drug-likeness (QED) is 0.717. The minimum atomic E-state index is -0.544. The third-order valence-electron chi connectivity index (χ3n) is 2.74. The van der Waals surface area contributed by atoms with Crippen LogP contribution in [0.5, 0.6) is 0 Å². The Kier molecular flexibility index (Phi) is 3.21. The summed E-state index contributed by atoms with van der Waals surface area (Å²) in [7, 11) is 0. The number of fused-ring (bicyclic) bond motifs is 1. The molecule has 1 aromatic heterocycles. The fourth-order valence-electron chi connectivity index (χ4n) is 1.94. The van der Waals surface area contributed by atoms with E-state index in [1.807, 2.05) is 20.8 Å². The average Bonchev–Trinajstić information content (AvgIpc) is 2.25. The first-order valence-electron chi connectivity index (χ1n) is 6.12. The number of nitrogen functional groups attached to an aromatic ring is 1. The van der Waals surface area contributed by atoms with Gasteiger partial charge in [0, 0.05) is 12.1 Å². The van der Waals surface area contributed by atoms with Crippen LogP contribution in [-0.4, -0.2) is 33.1 Å². The summed E-state index contributed by atoms with van der Waals surface area (Å²) in [4.78, 5) is 31.7. The molecule has 3 N–H and O–H groups in total. The first-order valence-corrected chi connectivity index (χ1v) is 6.12. The van der Waals surface area contributed by atoms with E-state index in [0.29, 0.717) is 24.2 Å². The van der Waals surface area contributed by atoms with Crippen molar-refractivity contribution in [2.24, 2.45) is 0 Å². The minimum absolute atomic E-state index is 0.0646. The van der Waals surface area contributed by atoms with E-state index in [1.54, 1.807) is 0 Å². The number of anilines is 1. The van der Waals surface area contributed by atoms with E-state index in [1.165, 1.54) is 4.90 Å². The monoisotopic (exact) mass is 266 g/mol. The Bertz CT molecular complexity index is 559. The molecule has 7 heteroatoms. The maximum atomic E-state index is 12.0. The summed E-state index contributed by atoms with van der Waals surface area (Å²) in [6.07, 6.45) is 0.0517. The van der Waals surface area contributed by atoms with E-state index < -0.39 is 11.7 Å². The van der Waals surface area contributed by atoms with Gasteiger partial charge in [0.1, 0.15) is 5.60 Å². The lowest BCUT2D eigenvalue weighted by Gasteiger charge is -2.30. The third-order valence-corrected chi connectivity index (χ3v) is 2.74. The van der Waals surface area contributed by atoms with Gasteiger partial charge in [-0.05, 0) is 27.2 Å². The van der Waals surface area contributed by atoms with Crippen LogP contribution in [0.1, 0.15) is 32.0 Å². The molecule has 0 saturated carbocycles. The Morgan fingerprint density at radius 3 is 2.79 bits per heavy atom. The SMILES string of the molecule is CC(C)(C)OC(=O)N1CCc2c(nc(N)[nH]c2=O)C1. The van der Waals surface area contributed by atoms with E-state index in [4.69, 9.17) is 10.5 Å². The number of carbonyl (C=O) groups excluding carboxylic acids is 1. The van der Waals surface area contributed by atoms with E-state index in [-0.39, 0.29) is 18.1 Å². The van der Waals surface area contributed by atoms with Gasteiger partial charge in [-0.1, -0.05) is 0 Å². The van der Waals surface area contributed by atoms with Crippen LogP contribution in [0.3, 0.4) is 0 Å². The standard InChI is InChI=1S/C12H18N4O3/c1-12(2,3)19-11(18)16-5-4-7-8(6-16)14-10(13)15-9(7)17/h4-6H2,1-3H3,(H3,13,14,15,17). The molecule has 0 saturated heterocycles. The topological polar surface area (TPSA) is 101 Å². The number of rotatable bonds is 0. The number of hydrogen-bond acceptors (Lipinski definition) is 5. The summed E-state index contributed by atoms with van der Waals surface area (Å²) >= 11 is 0. The molecule has 0 bridgehead atoms. The van der Waals surface area contributed by atoms with Crippen LogP contribution in [0.4, 0.5) is 10.7 Å². The predicted molar refractivity (Wildman–Crippen MR) is 69.6 cm³/mol. The lowest BCUT2D eigenvalue weighted by molar-refractivity contribution is 0.0220. The number of nitrogens with two attached hydrogens (primary N) is 1. The van der Waals surface area contributed by atoms with Crippen molar-refractivity contribution in [2.45, 2.75) is 39.3 Å². The second kappa shape index (κ2) is 4.56. The van der Waals surface area contributed by atoms with Crippen LogP contribution >= 0.6 is 0 Å². The Morgan fingerprint density at radius 2 is 2.16 bits per heavy atom. The Hall–Kier alpha value is -2.05. The summed E-state index contributed by atoms with van der Waals surface area (Å²) in [5.74, 6) is 0.0646. The van der Waals surface area contributed by atoms with Crippen molar-refractivity contribution < 1.29 is 9.53 Å². The van der Waals surface area contributed by atoms with Gasteiger partial charge in [0.05, 0.1) is 12.2 Å². The maximum Gasteiger partial charge on any atom is 0.410 e. The van der Waals surface area contributed by atoms with Crippen molar-refractivity contribution in [3.8, 4) is 0 Å². The molecule has 1 aliphatic heterocycles. The molecule has 1 aromatic rings. The third kappa shape index (κ3) is 3.04. The van der Waals surface area contributed by atoms with Crippen molar-refractivity contribution >= 4 is 12.0 Å². The Morgan fingerprint density at radius 1 is 1.47 bits per heavy atom. The van der Waals surface area contributed by atoms with Crippen molar-refractivity contribution in [2.75, 3.05) is 12.3 Å². The normalized spacial score (nSPS) is 15.0. The molecule has 0 atom stereocenters. The lowest BCUT2D eigenvalue weighted by atomic mass is 10.1. The van der Waals surface area contributed by atoms with Gasteiger partial charge in [-0.25, -0.2) is 9.78 Å². The van der Waals surface area contributed by atoms with Crippen LogP contribution in [-0.2, 0) is 17.7 Å². The van der Waals surface area contributed by atoms with Gasteiger partial charge in [-0.15, -0.1) is 0 Å². The van der Waals surface area contributed by atoms with E-state index >= 15 is 0 Å². The van der Waals surface area contributed by atoms with Crippen LogP contribution in [0, 0.1) is 0 Å². The van der Waals surface area contributed by atoms with Gasteiger partial charge in [-0.2, -0.15) is 0 Å². The maximum absolute atomic E-state index is 12.0. The van der Waals surface area contributed by atoms with E-state index in [9.17, 15) is 9.59 Å². The van der Waals surface area contributed by atoms with E-state index in [0.717, 1.165) is 0 Å². The number of carbonyl (C=O) groups is 1. The number of nitrogens with zero attached hydrogens (tertiary/aromatic N) is 2. The summed E-state index contributed by atoms with van der Waals surface area (Å²) in [6.45, 7) is 6.12. The highest BCUT2D eigenvalue weighted by Crippen LogP contribution is 2.17. The number of ether oxygens (including phenoxy) is 1. The molecule has 2 rings (SSSR count). The molecule has 1 aliphatic rings. The predicted octanol–water partition coefficient (Wildman–Crippen LogP) is 0.645. The summed E-state index contributed by atoms with van der Waals surface area (Å²) in [5.41, 5.74) is 5.86. The van der Waals surface area contributed by atoms with E-state index in [2.05, 4.69) is 9.97 Å². The molecular formula is C12H18N4O3. The van der Waals surface area contributed by atoms with Crippen molar-refractivity contribution in [1.29, 1.82) is 0 Å². The molecule has 0 aliphatic carbocycles. The van der Waals surface area contributed by atoms with Crippen LogP contribution < -0.4 is 11.3 Å². The smallest absolute Gasteiger partial charge is 0.410 e. The molecule has 0 aromatic carbocycles. The fraction of sp³-hybridized carbons (Fsp3) is 0.583. The van der Waals surface area contributed by atoms with Crippen LogP contribution in [0.25, 0.3) is 0 Å². The van der Waals surface area contributed by atoms with Crippen LogP contribution in [0.2, 0.25) is 0 Å². The second-order valence-electron chi connectivity index (χ2n) is 5.53. The summed E-state index contributed by atoms with van der Waals surface area (Å²) < 4.78 is 5.29. The highest BCUT2D eigenvalue weighted by Gasteiger charge is 2.27. The molecule has 0 radical (unpaired) electrons. The van der Waals surface area contributed by atoms with Crippen molar-refractivity contribution in [3.63, 3.8) is 0 Å². The number of amides is 1. The van der Waals surface area contributed by atoms with Gasteiger partial charge in [-0.3, -0.25) is 9.78 Å². The first kappa shape index (κ1) is 13.4. The molecule has 0 fully saturated rings. The van der Waals surface area contributed by atoms with Crippen molar-refractivity contribution in [3.05, 3.63) is 21.6 Å². The number of aromatic nitrogens is 2. The average molecular weight is 266 g/mol. The first-order chi connectivity index (χ1) is 8.76. The largest absolute Gasteiger partial charge is 0.444 e. The second-order valence-corrected chi connectivity index (χ2v) is 5.53. The van der Waals surface area contributed by atoms with Gasteiger partial charge in [0.25, 0.3) is 5.56 Å².